The van der Waals surface area contributed by atoms with E-state index in [1.165, 1.54) is 5.56 Å². The van der Waals surface area contributed by atoms with Gasteiger partial charge in [-0.15, -0.1) is 0 Å². The molecule has 1 aliphatic heterocycles. The summed E-state index contributed by atoms with van der Waals surface area (Å²) in [6.07, 6.45) is 4.88. The van der Waals surface area contributed by atoms with Crippen LogP contribution in [0.4, 0.5) is 5.69 Å². The number of rotatable bonds is 5. The van der Waals surface area contributed by atoms with Gasteiger partial charge in [-0.3, -0.25) is 4.79 Å². The van der Waals surface area contributed by atoms with Gasteiger partial charge in [0.1, 0.15) is 0 Å². The Kier molecular flexibility index (Phi) is 7.02. The van der Waals surface area contributed by atoms with Gasteiger partial charge in [0.2, 0.25) is 15.9 Å². The van der Waals surface area contributed by atoms with Gasteiger partial charge < -0.3 is 10.1 Å². The summed E-state index contributed by atoms with van der Waals surface area (Å²) >= 11 is 0. The molecule has 0 spiro atoms. The van der Waals surface area contributed by atoms with Gasteiger partial charge in [0.05, 0.1) is 4.75 Å². The third kappa shape index (κ3) is 5.80. The summed E-state index contributed by atoms with van der Waals surface area (Å²) in [4.78, 5) is 12.6. The van der Waals surface area contributed by atoms with Crippen LogP contribution >= 0.6 is 0 Å². The van der Waals surface area contributed by atoms with Gasteiger partial charge in [-0.2, -0.15) is 0 Å². The molecule has 2 fully saturated rings. The molecule has 6 nitrogen and oxygen atoms in total. The Bertz CT molecular complexity index is 785. The second kappa shape index (κ2) is 9.14. The largest absolute Gasteiger partial charge is 0.381 e. The molecule has 29 heavy (non-hydrogen) atoms. The van der Waals surface area contributed by atoms with Crippen LogP contribution in [0.5, 0.6) is 0 Å². The number of benzene rings is 1. The molecule has 0 bridgehead atoms. The number of sulfonamides is 1. The van der Waals surface area contributed by atoms with E-state index < -0.39 is 14.8 Å². The van der Waals surface area contributed by atoms with Crippen molar-refractivity contribution in [2.45, 2.75) is 76.0 Å². The lowest BCUT2D eigenvalue weighted by Gasteiger charge is -2.30. The van der Waals surface area contributed by atoms with E-state index in [0.29, 0.717) is 31.6 Å². The van der Waals surface area contributed by atoms with Crippen LogP contribution < -0.4 is 10.0 Å². The molecular weight excluding hydrogens is 388 g/mol. The molecule has 162 valence electrons. The van der Waals surface area contributed by atoms with Gasteiger partial charge in [-0.25, -0.2) is 13.1 Å². The average Bonchev–Trinajstić information content (AvgIpc) is 2.68. The highest BCUT2D eigenvalue weighted by Gasteiger charge is 2.34. The summed E-state index contributed by atoms with van der Waals surface area (Å²) in [5.74, 6) is 0.502. The van der Waals surface area contributed by atoms with Gasteiger partial charge in [0, 0.05) is 30.9 Å². The molecule has 2 N–H and O–H groups in total. The third-order valence-corrected chi connectivity index (χ3v) is 8.35. The highest BCUT2D eigenvalue weighted by atomic mass is 32.2. The highest BCUT2D eigenvalue weighted by Crippen LogP contribution is 2.29. The van der Waals surface area contributed by atoms with Crippen molar-refractivity contribution in [3.05, 3.63) is 29.8 Å². The summed E-state index contributed by atoms with van der Waals surface area (Å²) in [5, 5.41) is 3.03. The lowest BCUT2D eigenvalue weighted by Crippen LogP contribution is -2.46. The van der Waals surface area contributed by atoms with Crippen molar-refractivity contribution in [2.75, 3.05) is 18.5 Å². The zero-order valence-electron chi connectivity index (χ0n) is 17.7. The van der Waals surface area contributed by atoms with Gasteiger partial charge in [0.25, 0.3) is 0 Å². The second-order valence-electron chi connectivity index (χ2n) is 9.28. The molecule has 7 heteroatoms. The standard InChI is InChI=1S/C22H34N2O4S/c1-22(2,3)29(26,27)24-20-10-6-18(7-11-20)21(25)23-19-8-4-16(5-9-19)17-12-14-28-15-13-17/h4-5,8-9,17-18,20,24H,6-7,10-15H2,1-3H3,(H,23,25). The quantitative estimate of drug-likeness (QED) is 0.756. The second-order valence-corrected chi connectivity index (χ2v) is 11.7. The predicted molar refractivity (Wildman–Crippen MR) is 115 cm³/mol. The number of ether oxygens (including phenoxy) is 1. The topological polar surface area (TPSA) is 84.5 Å². The first-order valence-corrected chi connectivity index (χ1v) is 12.1. The molecule has 0 aromatic heterocycles. The normalized spacial score (nSPS) is 24.2. The van der Waals surface area contributed by atoms with Crippen molar-refractivity contribution in [1.29, 1.82) is 0 Å². The van der Waals surface area contributed by atoms with Gasteiger partial charge >= 0.3 is 0 Å². The number of carbonyl (C=O) groups excluding carboxylic acids is 1. The Labute approximate surface area is 174 Å². The lowest BCUT2D eigenvalue weighted by atomic mass is 9.86. The number of anilines is 1. The molecule has 0 radical (unpaired) electrons. The molecule has 1 aliphatic carbocycles. The Morgan fingerprint density at radius 2 is 1.55 bits per heavy atom. The number of amides is 1. The molecule has 1 saturated heterocycles. The summed E-state index contributed by atoms with van der Waals surface area (Å²) in [6.45, 7) is 6.72. The molecular formula is C22H34N2O4S. The van der Waals surface area contributed by atoms with Crippen LogP contribution in [0.3, 0.4) is 0 Å². The molecule has 1 heterocycles. The molecule has 1 saturated carbocycles. The van der Waals surface area contributed by atoms with Crippen LogP contribution in [-0.2, 0) is 19.6 Å². The Balaban J connectivity index is 1.48. The maximum Gasteiger partial charge on any atom is 0.227 e. The van der Waals surface area contributed by atoms with Crippen molar-refractivity contribution in [3.63, 3.8) is 0 Å². The fourth-order valence-corrected chi connectivity index (χ4v) is 5.01. The van der Waals surface area contributed by atoms with Crippen molar-refractivity contribution < 1.29 is 17.9 Å². The van der Waals surface area contributed by atoms with E-state index in [1.807, 2.05) is 12.1 Å². The Hall–Kier alpha value is -1.44. The van der Waals surface area contributed by atoms with Crippen LogP contribution in [0.25, 0.3) is 0 Å². The van der Waals surface area contributed by atoms with E-state index in [1.54, 1.807) is 20.8 Å². The summed E-state index contributed by atoms with van der Waals surface area (Å²) in [7, 11) is -3.36. The smallest absolute Gasteiger partial charge is 0.227 e. The minimum atomic E-state index is -3.36. The fraction of sp³-hybridized carbons (Fsp3) is 0.682. The molecule has 0 atom stereocenters. The van der Waals surface area contributed by atoms with Crippen LogP contribution in [0, 0.1) is 5.92 Å². The summed E-state index contributed by atoms with van der Waals surface area (Å²) in [5.41, 5.74) is 2.12. The van der Waals surface area contributed by atoms with Gasteiger partial charge in [0.15, 0.2) is 0 Å². The molecule has 3 rings (SSSR count). The van der Waals surface area contributed by atoms with Crippen molar-refractivity contribution >= 4 is 21.6 Å². The monoisotopic (exact) mass is 422 g/mol. The van der Waals surface area contributed by atoms with E-state index in [2.05, 4.69) is 22.2 Å². The Morgan fingerprint density at radius 1 is 0.966 bits per heavy atom. The van der Waals surface area contributed by atoms with Crippen molar-refractivity contribution in [1.82, 2.24) is 4.72 Å². The highest BCUT2D eigenvalue weighted by molar-refractivity contribution is 7.90. The minimum absolute atomic E-state index is 0.0287. The fourth-order valence-electron chi connectivity index (χ4n) is 3.98. The van der Waals surface area contributed by atoms with Crippen LogP contribution in [0.15, 0.2) is 24.3 Å². The van der Waals surface area contributed by atoms with E-state index >= 15 is 0 Å². The summed E-state index contributed by atoms with van der Waals surface area (Å²) < 4.78 is 32.1. The SMILES string of the molecule is CC(C)(C)S(=O)(=O)NC1CCC(C(=O)Nc2ccc(C3CCOCC3)cc2)CC1. The van der Waals surface area contributed by atoms with Crippen LogP contribution in [0.1, 0.15) is 70.8 Å². The minimum Gasteiger partial charge on any atom is -0.381 e. The first-order valence-electron chi connectivity index (χ1n) is 10.7. The molecule has 1 amide bonds. The number of nitrogens with one attached hydrogen (secondary N) is 2. The average molecular weight is 423 g/mol. The maximum absolute atomic E-state index is 12.6. The third-order valence-electron chi connectivity index (χ3n) is 6.10. The number of carbonyl (C=O) groups is 1. The molecule has 1 aromatic carbocycles. The van der Waals surface area contributed by atoms with E-state index in [9.17, 15) is 13.2 Å². The van der Waals surface area contributed by atoms with Crippen LogP contribution in [-0.4, -0.2) is 38.3 Å². The van der Waals surface area contributed by atoms with Crippen molar-refractivity contribution in [2.24, 2.45) is 5.92 Å². The van der Waals surface area contributed by atoms with E-state index in [0.717, 1.165) is 31.7 Å². The molecule has 0 unspecified atom stereocenters. The lowest BCUT2D eigenvalue weighted by molar-refractivity contribution is -0.120. The first kappa shape index (κ1) is 22.2. The van der Waals surface area contributed by atoms with Gasteiger partial charge in [-0.05, 0) is 82.9 Å². The summed E-state index contributed by atoms with van der Waals surface area (Å²) in [6, 6.07) is 8.08. The zero-order chi connectivity index (χ0) is 21.1. The molecule has 2 aliphatic rings. The number of hydrogen-bond acceptors (Lipinski definition) is 4. The van der Waals surface area contributed by atoms with E-state index in [-0.39, 0.29) is 17.9 Å². The van der Waals surface area contributed by atoms with Gasteiger partial charge in [-0.1, -0.05) is 12.1 Å². The van der Waals surface area contributed by atoms with Crippen LogP contribution in [0.2, 0.25) is 0 Å². The molecule has 1 aromatic rings. The van der Waals surface area contributed by atoms with E-state index in [4.69, 9.17) is 4.74 Å². The van der Waals surface area contributed by atoms with Crippen molar-refractivity contribution in [3.8, 4) is 0 Å². The number of hydrogen-bond donors (Lipinski definition) is 2. The Morgan fingerprint density at radius 3 is 2.10 bits per heavy atom. The zero-order valence-corrected chi connectivity index (χ0v) is 18.6. The first-order chi connectivity index (χ1) is 13.7. The predicted octanol–water partition coefficient (Wildman–Crippen LogP) is 3.80. The maximum atomic E-state index is 12.6.